The first-order valence-electron chi connectivity index (χ1n) is 9.55. The minimum absolute atomic E-state index is 0.00481. The number of carbonyl (C=O) groups is 1. The van der Waals surface area contributed by atoms with E-state index in [0.717, 1.165) is 36.4 Å². The lowest BCUT2D eigenvalue weighted by molar-refractivity contribution is -0.149. The predicted octanol–water partition coefficient (Wildman–Crippen LogP) is 1.28. The molecule has 2 N–H and O–H groups in total. The van der Waals surface area contributed by atoms with Crippen molar-refractivity contribution in [3.63, 3.8) is 0 Å². The third-order valence-corrected chi connectivity index (χ3v) is 8.18. The van der Waals surface area contributed by atoms with E-state index in [1.807, 2.05) is 6.07 Å². The van der Waals surface area contributed by atoms with Gasteiger partial charge in [0.05, 0.1) is 17.1 Å². The Balaban J connectivity index is 1.49. The maximum atomic E-state index is 12.7. The first kappa shape index (κ1) is 13.6. The van der Waals surface area contributed by atoms with E-state index in [1.54, 1.807) is 6.07 Å². The summed E-state index contributed by atoms with van der Waals surface area (Å²) in [5, 5.41) is 22.3. The minimum atomic E-state index is -0.912. The number of piperidine rings is 1. The van der Waals surface area contributed by atoms with Gasteiger partial charge in [0.2, 0.25) is 0 Å². The van der Waals surface area contributed by atoms with E-state index >= 15 is 0 Å². The number of phenolic OH excluding ortho intramolecular Hbond substituents is 1. The van der Waals surface area contributed by atoms with E-state index in [2.05, 4.69) is 4.90 Å². The number of aromatic hydroxyl groups is 1. The maximum Gasteiger partial charge on any atom is 0.174 e. The van der Waals surface area contributed by atoms with Crippen molar-refractivity contribution in [3.8, 4) is 11.5 Å². The summed E-state index contributed by atoms with van der Waals surface area (Å²) in [5.41, 5.74) is 0.543. The topological polar surface area (TPSA) is 69.8 Å². The second-order valence-corrected chi connectivity index (χ2v) is 9.26. The van der Waals surface area contributed by atoms with Crippen LogP contribution in [0.15, 0.2) is 12.1 Å². The summed E-state index contributed by atoms with van der Waals surface area (Å²) in [6.07, 6.45) is 4.59. The van der Waals surface area contributed by atoms with Gasteiger partial charge in [0.1, 0.15) is 0 Å². The molecule has 0 amide bonds. The fourth-order valence-corrected chi connectivity index (χ4v) is 7.16. The molecule has 5 nitrogen and oxygen atoms in total. The number of phenols is 1. The van der Waals surface area contributed by atoms with Gasteiger partial charge in [0.15, 0.2) is 23.4 Å². The van der Waals surface area contributed by atoms with Gasteiger partial charge in [-0.3, -0.25) is 9.69 Å². The summed E-state index contributed by atoms with van der Waals surface area (Å²) in [4.78, 5) is 15.3. The number of rotatable bonds is 2. The minimum Gasteiger partial charge on any atom is -0.504 e. The summed E-state index contributed by atoms with van der Waals surface area (Å²) in [7, 11) is 0. The first-order chi connectivity index (χ1) is 12.0. The molecule has 5 heteroatoms. The van der Waals surface area contributed by atoms with Gasteiger partial charge in [0, 0.05) is 24.1 Å². The van der Waals surface area contributed by atoms with Crippen molar-refractivity contribution < 1.29 is 19.7 Å². The van der Waals surface area contributed by atoms with Gasteiger partial charge in [-0.05, 0) is 49.7 Å². The molecule has 25 heavy (non-hydrogen) atoms. The largest absolute Gasteiger partial charge is 0.504 e. The molecule has 3 unspecified atom stereocenters. The van der Waals surface area contributed by atoms with Crippen LogP contribution in [0.3, 0.4) is 0 Å². The second kappa shape index (κ2) is 3.60. The van der Waals surface area contributed by atoms with E-state index < -0.39 is 17.1 Å². The van der Waals surface area contributed by atoms with Gasteiger partial charge in [-0.25, -0.2) is 0 Å². The van der Waals surface area contributed by atoms with E-state index in [0.29, 0.717) is 18.6 Å². The molecular weight excluding hydrogens is 318 g/mol. The van der Waals surface area contributed by atoms with Gasteiger partial charge < -0.3 is 14.9 Å². The molecule has 2 aliphatic heterocycles. The number of ether oxygens (including phenoxy) is 1. The molecule has 130 valence electrons. The molecule has 3 saturated carbocycles. The number of hydrogen-bond acceptors (Lipinski definition) is 5. The van der Waals surface area contributed by atoms with Crippen LogP contribution >= 0.6 is 0 Å². The zero-order valence-corrected chi connectivity index (χ0v) is 14.0. The van der Waals surface area contributed by atoms with Gasteiger partial charge in [-0.15, -0.1) is 0 Å². The van der Waals surface area contributed by atoms with E-state index in [4.69, 9.17) is 4.74 Å². The Morgan fingerprint density at radius 2 is 2.16 bits per heavy atom. The maximum absolute atomic E-state index is 12.7. The van der Waals surface area contributed by atoms with Crippen LogP contribution in [0.2, 0.25) is 0 Å². The highest BCUT2D eigenvalue weighted by atomic mass is 16.5. The van der Waals surface area contributed by atoms with Crippen molar-refractivity contribution in [1.82, 2.24) is 4.90 Å². The Bertz CT molecular complexity index is 879. The number of Topliss-reactive ketones (excluding diaryl/α,β-unsaturated/α-hetero) is 1. The van der Waals surface area contributed by atoms with Crippen molar-refractivity contribution in [2.24, 2.45) is 5.92 Å². The molecule has 2 bridgehead atoms. The van der Waals surface area contributed by atoms with Crippen molar-refractivity contribution in [1.29, 1.82) is 0 Å². The summed E-state index contributed by atoms with van der Waals surface area (Å²) in [6, 6.07) is 3.81. The normalized spacial score (nSPS) is 50.3. The number of aliphatic hydroxyl groups is 1. The van der Waals surface area contributed by atoms with Crippen LogP contribution < -0.4 is 4.74 Å². The van der Waals surface area contributed by atoms with Crippen LogP contribution in [-0.2, 0) is 16.6 Å². The number of carbonyl (C=O) groups excluding carboxylic acids is 1. The van der Waals surface area contributed by atoms with E-state index in [1.165, 1.54) is 12.8 Å². The molecule has 4 fully saturated rings. The number of nitrogens with zero attached hydrogens (tertiary/aromatic N) is 1. The second-order valence-electron chi connectivity index (χ2n) is 9.26. The Morgan fingerprint density at radius 1 is 1.32 bits per heavy atom. The highest BCUT2D eigenvalue weighted by Crippen LogP contribution is 2.76. The van der Waals surface area contributed by atoms with Crippen LogP contribution in [0.4, 0.5) is 0 Å². The van der Waals surface area contributed by atoms with Gasteiger partial charge in [-0.2, -0.15) is 0 Å². The first-order valence-corrected chi connectivity index (χ1v) is 9.55. The molecule has 6 atom stereocenters. The number of ketones is 1. The zero-order valence-electron chi connectivity index (χ0n) is 14.0. The molecule has 1 aromatic carbocycles. The fraction of sp³-hybridized carbons (Fsp3) is 0.650. The van der Waals surface area contributed by atoms with Crippen LogP contribution in [0.1, 0.15) is 43.2 Å². The molecule has 0 aromatic heterocycles. The number of benzene rings is 1. The summed E-state index contributed by atoms with van der Waals surface area (Å²) in [6.45, 7) is 1.09. The highest BCUT2D eigenvalue weighted by molar-refractivity contribution is 5.90. The standard InChI is InChI=1S/C20H21NO4/c22-12-4-3-11-7-18-9-19-14(11)15(12)25-16(19)13(23)5-6-20(19,24)17(18)21(18)8-10-1-2-10/h3-4,10,16-17,22,24H,1-2,5-9H2/t16?,17-,18?,19+,20-,21?/m1/s1. The average Bonchev–Trinajstić information content (AvgIpc) is 3.45. The molecule has 7 rings (SSSR count). The molecule has 1 saturated heterocycles. The molecule has 2 spiro atoms. The van der Waals surface area contributed by atoms with Crippen molar-refractivity contribution >= 4 is 5.78 Å². The monoisotopic (exact) mass is 339 g/mol. The molecule has 4 aliphatic carbocycles. The smallest absolute Gasteiger partial charge is 0.174 e. The molecule has 6 aliphatic rings. The number of likely N-dealkylation sites (tertiary alicyclic amines) is 1. The van der Waals surface area contributed by atoms with Crippen molar-refractivity contribution in [3.05, 3.63) is 23.3 Å². The van der Waals surface area contributed by atoms with Crippen LogP contribution in [0.25, 0.3) is 0 Å². The van der Waals surface area contributed by atoms with Crippen LogP contribution in [0, 0.1) is 5.92 Å². The molecule has 2 heterocycles. The lowest BCUT2D eigenvalue weighted by Gasteiger charge is -2.50. The van der Waals surface area contributed by atoms with E-state index in [-0.39, 0.29) is 23.1 Å². The molecular formula is C20H21NO4. The van der Waals surface area contributed by atoms with Crippen molar-refractivity contribution in [2.75, 3.05) is 6.54 Å². The van der Waals surface area contributed by atoms with Crippen molar-refractivity contribution in [2.45, 2.75) is 67.2 Å². The summed E-state index contributed by atoms with van der Waals surface area (Å²) >= 11 is 0. The summed E-state index contributed by atoms with van der Waals surface area (Å²) in [5.74, 6) is 1.43. The SMILES string of the molecule is O=C1CC[C@@]2(O)[C@@H]3N(CC4CC4)C34Cc3ccc(O)c5c3[C@@]2(C4)C1O5. The quantitative estimate of drug-likeness (QED) is 0.795. The van der Waals surface area contributed by atoms with Gasteiger partial charge >= 0.3 is 0 Å². The van der Waals surface area contributed by atoms with Gasteiger partial charge in [0.25, 0.3) is 0 Å². The zero-order chi connectivity index (χ0) is 16.8. The van der Waals surface area contributed by atoms with Gasteiger partial charge in [-0.1, -0.05) is 6.07 Å². The molecule has 1 aromatic rings. The Hall–Kier alpha value is -1.59. The third kappa shape index (κ3) is 1.19. The average molecular weight is 339 g/mol. The lowest BCUT2D eigenvalue weighted by atomic mass is 9.57. The Morgan fingerprint density at radius 3 is 2.96 bits per heavy atom. The molecule has 0 radical (unpaired) electrons. The number of hydrogen-bond donors (Lipinski definition) is 2. The lowest BCUT2D eigenvalue weighted by Crippen LogP contribution is -2.65. The third-order valence-electron chi connectivity index (χ3n) is 8.18. The highest BCUT2D eigenvalue weighted by Gasteiger charge is 2.88. The van der Waals surface area contributed by atoms with Crippen LogP contribution in [-0.4, -0.2) is 50.7 Å². The predicted molar refractivity (Wildman–Crippen MR) is 87.7 cm³/mol. The Kier molecular flexibility index (Phi) is 1.96. The van der Waals surface area contributed by atoms with E-state index in [9.17, 15) is 15.0 Å². The Labute approximate surface area is 145 Å². The fourth-order valence-electron chi connectivity index (χ4n) is 7.16. The number of fused-ring (bicyclic) bond motifs is 1. The summed E-state index contributed by atoms with van der Waals surface area (Å²) < 4.78 is 6.05. The van der Waals surface area contributed by atoms with Crippen LogP contribution in [0.5, 0.6) is 11.5 Å².